The average Bonchev–Trinajstić information content (AvgIpc) is 2.28. The van der Waals surface area contributed by atoms with Crippen molar-refractivity contribution in [3.05, 3.63) is 23.8 Å². The lowest BCUT2D eigenvalue weighted by molar-refractivity contribution is -0.114. The lowest BCUT2D eigenvalue weighted by Gasteiger charge is -2.22. The summed E-state index contributed by atoms with van der Waals surface area (Å²) >= 11 is 0. The van der Waals surface area contributed by atoms with E-state index < -0.39 is 0 Å². The molecule has 1 aliphatic carbocycles. The largest absolute Gasteiger partial charge is 0.381 e. The molecule has 2 aliphatic rings. The fourth-order valence-electron chi connectivity index (χ4n) is 1.79. The van der Waals surface area contributed by atoms with Crippen molar-refractivity contribution < 1.29 is 14.3 Å². The van der Waals surface area contributed by atoms with Crippen LogP contribution in [0.15, 0.2) is 23.8 Å². The average molecular weight is 208 g/mol. The Labute approximate surface area is 89.8 Å². The lowest BCUT2D eigenvalue weighted by atomic mass is 10.1. The van der Waals surface area contributed by atoms with E-state index in [0.29, 0.717) is 19.1 Å². The molecule has 0 bridgehead atoms. The Morgan fingerprint density at radius 3 is 2.93 bits per heavy atom. The van der Waals surface area contributed by atoms with Gasteiger partial charge in [0.05, 0.1) is 12.7 Å². The molecule has 0 radical (unpaired) electrons. The first-order chi connectivity index (χ1) is 7.34. The van der Waals surface area contributed by atoms with Crippen molar-refractivity contribution in [2.75, 3.05) is 19.8 Å². The molecular weight excluding hydrogens is 192 g/mol. The van der Waals surface area contributed by atoms with Crippen LogP contribution in [0.25, 0.3) is 0 Å². The number of hydrogen-bond acceptors (Lipinski definition) is 3. The summed E-state index contributed by atoms with van der Waals surface area (Å²) < 4.78 is 11.0. The molecule has 1 saturated heterocycles. The molecule has 1 fully saturated rings. The van der Waals surface area contributed by atoms with Crippen LogP contribution in [0.3, 0.4) is 0 Å². The van der Waals surface area contributed by atoms with E-state index in [9.17, 15) is 4.79 Å². The molecule has 0 aromatic heterocycles. The van der Waals surface area contributed by atoms with Crippen molar-refractivity contribution in [1.82, 2.24) is 0 Å². The van der Waals surface area contributed by atoms with Crippen molar-refractivity contribution >= 4 is 5.78 Å². The Morgan fingerprint density at radius 2 is 2.20 bits per heavy atom. The predicted molar refractivity (Wildman–Crippen MR) is 56.6 cm³/mol. The van der Waals surface area contributed by atoms with E-state index in [1.165, 1.54) is 0 Å². The normalized spacial score (nSPS) is 22.9. The van der Waals surface area contributed by atoms with Gasteiger partial charge in [-0.3, -0.25) is 4.79 Å². The quantitative estimate of drug-likeness (QED) is 0.707. The predicted octanol–water partition coefficient (Wildman–Crippen LogP) is 1.64. The standard InChI is InChI=1S/C12H16O3/c13-11-3-1-2-10(8-11)9-15-12-4-6-14-7-5-12/h1-2,8,12H,3-7,9H2. The summed E-state index contributed by atoms with van der Waals surface area (Å²) in [7, 11) is 0. The van der Waals surface area contributed by atoms with Crippen molar-refractivity contribution in [3.63, 3.8) is 0 Å². The second-order valence-electron chi connectivity index (χ2n) is 3.91. The molecule has 0 saturated carbocycles. The Hall–Kier alpha value is -0.930. The Morgan fingerprint density at radius 1 is 1.40 bits per heavy atom. The van der Waals surface area contributed by atoms with Gasteiger partial charge >= 0.3 is 0 Å². The summed E-state index contributed by atoms with van der Waals surface area (Å²) in [6.07, 6.45) is 8.30. The SMILES string of the molecule is O=C1C=C(COC2CCOCC2)C=CC1. The van der Waals surface area contributed by atoms with Crippen LogP contribution in [0.2, 0.25) is 0 Å². The van der Waals surface area contributed by atoms with E-state index in [0.717, 1.165) is 31.6 Å². The van der Waals surface area contributed by atoms with Crippen LogP contribution < -0.4 is 0 Å². The van der Waals surface area contributed by atoms with Gasteiger partial charge in [-0.05, 0) is 24.5 Å². The van der Waals surface area contributed by atoms with Gasteiger partial charge in [0.2, 0.25) is 0 Å². The minimum absolute atomic E-state index is 0.170. The Kier molecular flexibility index (Phi) is 3.69. The minimum atomic E-state index is 0.170. The number of ether oxygens (including phenoxy) is 2. The third-order valence-corrected chi connectivity index (χ3v) is 2.65. The molecule has 0 spiro atoms. The summed E-state index contributed by atoms with van der Waals surface area (Å²) in [5.41, 5.74) is 0.984. The zero-order chi connectivity index (χ0) is 10.5. The number of carbonyl (C=O) groups is 1. The zero-order valence-electron chi connectivity index (χ0n) is 8.78. The fourth-order valence-corrected chi connectivity index (χ4v) is 1.79. The summed E-state index contributed by atoms with van der Waals surface area (Å²) in [5.74, 6) is 0.170. The number of hydrogen-bond donors (Lipinski definition) is 0. The number of rotatable bonds is 3. The minimum Gasteiger partial charge on any atom is -0.381 e. The first-order valence-electron chi connectivity index (χ1n) is 5.44. The van der Waals surface area contributed by atoms with Crippen LogP contribution in [-0.4, -0.2) is 31.7 Å². The van der Waals surface area contributed by atoms with Crippen molar-refractivity contribution in [2.24, 2.45) is 0 Å². The van der Waals surface area contributed by atoms with Crippen LogP contribution >= 0.6 is 0 Å². The van der Waals surface area contributed by atoms with E-state index in [-0.39, 0.29) is 5.78 Å². The van der Waals surface area contributed by atoms with Gasteiger partial charge in [-0.2, -0.15) is 0 Å². The third-order valence-electron chi connectivity index (χ3n) is 2.65. The number of carbonyl (C=O) groups excluding carboxylic acids is 1. The second-order valence-corrected chi connectivity index (χ2v) is 3.91. The molecule has 2 rings (SSSR count). The van der Waals surface area contributed by atoms with Crippen molar-refractivity contribution in [3.8, 4) is 0 Å². The second kappa shape index (κ2) is 5.24. The third kappa shape index (κ3) is 3.29. The molecule has 0 atom stereocenters. The van der Waals surface area contributed by atoms with E-state index in [2.05, 4.69) is 0 Å². The van der Waals surface area contributed by atoms with E-state index in [1.54, 1.807) is 6.08 Å². The summed E-state index contributed by atoms with van der Waals surface area (Å²) in [6.45, 7) is 2.13. The first-order valence-corrected chi connectivity index (χ1v) is 5.44. The molecule has 3 nitrogen and oxygen atoms in total. The molecule has 0 amide bonds. The lowest BCUT2D eigenvalue weighted by Crippen LogP contribution is -2.24. The maximum absolute atomic E-state index is 11.1. The molecule has 1 aliphatic heterocycles. The van der Waals surface area contributed by atoms with Gasteiger partial charge in [0, 0.05) is 19.6 Å². The Bertz CT molecular complexity index is 285. The van der Waals surface area contributed by atoms with Gasteiger partial charge in [-0.25, -0.2) is 0 Å². The Balaban J connectivity index is 1.77. The van der Waals surface area contributed by atoms with E-state index in [4.69, 9.17) is 9.47 Å². The topological polar surface area (TPSA) is 35.5 Å². The number of ketones is 1. The maximum atomic E-state index is 11.1. The van der Waals surface area contributed by atoms with Crippen LogP contribution in [0.1, 0.15) is 19.3 Å². The van der Waals surface area contributed by atoms with Gasteiger partial charge in [0.15, 0.2) is 5.78 Å². The van der Waals surface area contributed by atoms with Gasteiger partial charge in [-0.15, -0.1) is 0 Å². The maximum Gasteiger partial charge on any atom is 0.159 e. The van der Waals surface area contributed by atoms with E-state index in [1.807, 2.05) is 12.2 Å². The summed E-state index contributed by atoms with van der Waals surface area (Å²) in [5, 5.41) is 0. The highest BCUT2D eigenvalue weighted by Crippen LogP contribution is 2.14. The monoisotopic (exact) mass is 208 g/mol. The first kappa shape index (κ1) is 10.6. The van der Waals surface area contributed by atoms with Crippen molar-refractivity contribution in [2.45, 2.75) is 25.4 Å². The highest BCUT2D eigenvalue weighted by atomic mass is 16.5. The molecule has 0 unspecified atom stereocenters. The molecule has 82 valence electrons. The molecule has 0 aromatic rings. The van der Waals surface area contributed by atoms with Gasteiger partial charge < -0.3 is 9.47 Å². The van der Waals surface area contributed by atoms with Crippen LogP contribution in [-0.2, 0) is 14.3 Å². The molecular formula is C12H16O3. The highest BCUT2D eigenvalue weighted by molar-refractivity contribution is 5.93. The van der Waals surface area contributed by atoms with Gasteiger partial charge in [0.25, 0.3) is 0 Å². The highest BCUT2D eigenvalue weighted by Gasteiger charge is 2.14. The molecule has 15 heavy (non-hydrogen) atoms. The number of allylic oxidation sites excluding steroid dienone is 2. The van der Waals surface area contributed by atoms with Crippen LogP contribution in [0.4, 0.5) is 0 Å². The molecule has 0 N–H and O–H groups in total. The van der Waals surface area contributed by atoms with Gasteiger partial charge in [-0.1, -0.05) is 12.2 Å². The molecule has 3 heteroatoms. The zero-order valence-corrected chi connectivity index (χ0v) is 8.78. The van der Waals surface area contributed by atoms with Crippen molar-refractivity contribution in [1.29, 1.82) is 0 Å². The van der Waals surface area contributed by atoms with E-state index >= 15 is 0 Å². The van der Waals surface area contributed by atoms with Crippen LogP contribution in [0, 0.1) is 0 Å². The molecule has 1 heterocycles. The molecule has 0 aromatic carbocycles. The summed E-state index contributed by atoms with van der Waals surface area (Å²) in [4.78, 5) is 11.1. The van der Waals surface area contributed by atoms with Gasteiger partial charge in [0.1, 0.15) is 0 Å². The van der Waals surface area contributed by atoms with Crippen LogP contribution in [0.5, 0.6) is 0 Å². The fraction of sp³-hybridized carbons (Fsp3) is 0.583. The summed E-state index contributed by atoms with van der Waals surface area (Å²) in [6, 6.07) is 0. The smallest absolute Gasteiger partial charge is 0.159 e.